The maximum atomic E-state index is 5.44. The summed E-state index contributed by atoms with van der Waals surface area (Å²) in [6.07, 6.45) is 5.76. The smallest absolute Gasteiger partial charge is 0.0595 e. The van der Waals surface area contributed by atoms with E-state index in [9.17, 15) is 0 Å². The molecule has 110 valence electrons. The van der Waals surface area contributed by atoms with E-state index in [2.05, 4.69) is 27.9 Å². The van der Waals surface area contributed by atoms with E-state index in [0.717, 1.165) is 52.0 Å². The monoisotopic (exact) mass is 274 g/mol. The Morgan fingerprint density at radius 3 is 2.90 bits per heavy atom. The SMILES string of the molecule is [CH2-]N1CCc2c(ccnc2CN2CCC(OC)CC2)C1. The largest absolute Gasteiger partial charge is 0.455 e. The highest BCUT2D eigenvalue weighted by Gasteiger charge is 2.21. The summed E-state index contributed by atoms with van der Waals surface area (Å²) < 4.78 is 5.44. The van der Waals surface area contributed by atoms with Crippen molar-refractivity contribution in [3.63, 3.8) is 0 Å². The Morgan fingerprint density at radius 1 is 1.35 bits per heavy atom. The number of fused-ring (bicyclic) bond motifs is 1. The van der Waals surface area contributed by atoms with Crippen LogP contribution in [-0.4, -0.2) is 47.6 Å². The van der Waals surface area contributed by atoms with E-state index in [0.29, 0.717) is 6.10 Å². The van der Waals surface area contributed by atoms with Gasteiger partial charge in [0.15, 0.2) is 0 Å². The average Bonchev–Trinajstić information content (AvgIpc) is 2.48. The summed E-state index contributed by atoms with van der Waals surface area (Å²) in [7, 11) is 5.87. The standard InChI is InChI=1S/C16H24N3O/c1-18-8-6-15-13(11-18)3-7-17-16(15)12-19-9-4-14(20-2)5-10-19/h3,7,14H,1,4-6,8-12H2,2H3/q-1. The van der Waals surface area contributed by atoms with Gasteiger partial charge in [0.25, 0.3) is 0 Å². The molecule has 0 amide bonds. The minimum atomic E-state index is 0.448. The van der Waals surface area contributed by atoms with Crippen molar-refractivity contribution in [1.82, 2.24) is 14.8 Å². The predicted molar refractivity (Wildman–Crippen MR) is 79.0 cm³/mol. The molecular formula is C16H24N3O-. The first kappa shape index (κ1) is 14.0. The summed E-state index contributed by atoms with van der Waals surface area (Å²) in [6, 6.07) is 2.15. The molecule has 20 heavy (non-hydrogen) atoms. The number of piperidine rings is 1. The van der Waals surface area contributed by atoms with Crippen LogP contribution in [0.1, 0.15) is 29.7 Å². The number of pyridine rings is 1. The van der Waals surface area contributed by atoms with Crippen molar-refractivity contribution in [2.75, 3.05) is 26.7 Å². The Hall–Kier alpha value is -0.970. The fourth-order valence-corrected chi connectivity index (χ4v) is 3.28. The van der Waals surface area contributed by atoms with Crippen LogP contribution in [0.2, 0.25) is 0 Å². The van der Waals surface area contributed by atoms with Gasteiger partial charge in [0.1, 0.15) is 0 Å². The number of aromatic nitrogens is 1. The van der Waals surface area contributed by atoms with E-state index in [1.807, 2.05) is 13.3 Å². The molecule has 2 aliphatic heterocycles. The van der Waals surface area contributed by atoms with Crippen molar-refractivity contribution in [2.24, 2.45) is 0 Å². The minimum absolute atomic E-state index is 0.448. The maximum Gasteiger partial charge on any atom is 0.0595 e. The second-order valence-corrected chi connectivity index (χ2v) is 5.91. The first-order valence-electron chi connectivity index (χ1n) is 7.52. The Morgan fingerprint density at radius 2 is 2.15 bits per heavy atom. The molecule has 1 aromatic rings. The highest BCUT2D eigenvalue weighted by molar-refractivity contribution is 5.32. The lowest BCUT2D eigenvalue weighted by atomic mass is 9.98. The second kappa shape index (κ2) is 6.20. The first-order chi connectivity index (χ1) is 9.76. The Bertz CT molecular complexity index is 455. The van der Waals surface area contributed by atoms with Gasteiger partial charge in [-0.15, -0.1) is 0 Å². The molecule has 0 radical (unpaired) electrons. The van der Waals surface area contributed by atoms with Crippen molar-refractivity contribution in [2.45, 2.75) is 38.5 Å². The van der Waals surface area contributed by atoms with Gasteiger partial charge >= 0.3 is 0 Å². The summed E-state index contributed by atoms with van der Waals surface area (Å²) in [5.74, 6) is 0. The number of rotatable bonds is 3. The number of ether oxygens (including phenoxy) is 1. The van der Waals surface area contributed by atoms with E-state index in [1.165, 1.54) is 16.8 Å². The molecule has 3 rings (SSSR count). The predicted octanol–water partition coefficient (Wildman–Crippen LogP) is 1.84. The van der Waals surface area contributed by atoms with Gasteiger partial charge in [-0.3, -0.25) is 16.9 Å². The van der Waals surface area contributed by atoms with Gasteiger partial charge in [-0.1, -0.05) is 0 Å². The third kappa shape index (κ3) is 3.03. The molecule has 2 aliphatic rings. The molecule has 0 saturated carbocycles. The quantitative estimate of drug-likeness (QED) is 0.786. The van der Waals surface area contributed by atoms with Gasteiger partial charge in [-0.2, -0.15) is 0 Å². The normalized spacial score (nSPS) is 21.9. The van der Waals surface area contributed by atoms with E-state index in [-0.39, 0.29) is 0 Å². The van der Waals surface area contributed by atoms with Crippen molar-refractivity contribution >= 4 is 0 Å². The number of likely N-dealkylation sites (tertiary alicyclic amines) is 1. The van der Waals surface area contributed by atoms with Gasteiger partial charge in [-0.05, 0) is 49.5 Å². The summed E-state index contributed by atoms with van der Waals surface area (Å²) in [6.45, 7) is 5.21. The molecule has 4 heteroatoms. The van der Waals surface area contributed by atoms with Crippen LogP contribution in [0, 0.1) is 7.05 Å². The van der Waals surface area contributed by atoms with Crippen molar-refractivity contribution < 1.29 is 4.74 Å². The van der Waals surface area contributed by atoms with Crippen molar-refractivity contribution in [1.29, 1.82) is 0 Å². The molecule has 1 aromatic heterocycles. The van der Waals surface area contributed by atoms with Crippen LogP contribution in [0.5, 0.6) is 0 Å². The fourth-order valence-electron chi connectivity index (χ4n) is 3.28. The second-order valence-electron chi connectivity index (χ2n) is 5.91. The molecule has 0 bridgehead atoms. The van der Waals surface area contributed by atoms with E-state index in [1.54, 1.807) is 0 Å². The number of nitrogens with zero attached hydrogens (tertiary/aromatic N) is 3. The van der Waals surface area contributed by atoms with Crippen LogP contribution in [0.3, 0.4) is 0 Å². The summed E-state index contributed by atoms with van der Waals surface area (Å²) in [4.78, 5) is 9.28. The number of hydrogen-bond acceptors (Lipinski definition) is 4. The zero-order chi connectivity index (χ0) is 13.9. The van der Waals surface area contributed by atoms with Crippen molar-refractivity contribution in [3.8, 4) is 0 Å². The Kier molecular flexibility index (Phi) is 4.34. The lowest BCUT2D eigenvalue weighted by Gasteiger charge is -2.34. The van der Waals surface area contributed by atoms with Gasteiger partial charge in [0.2, 0.25) is 0 Å². The zero-order valence-electron chi connectivity index (χ0n) is 12.3. The lowest BCUT2D eigenvalue weighted by Crippen LogP contribution is -2.37. The fraction of sp³-hybridized carbons (Fsp3) is 0.625. The van der Waals surface area contributed by atoms with E-state index < -0.39 is 0 Å². The van der Waals surface area contributed by atoms with Gasteiger partial charge in [0.05, 0.1) is 11.8 Å². The zero-order valence-corrected chi connectivity index (χ0v) is 12.3. The summed E-state index contributed by atoms with van der Waals surface area (Å²) in [5, 5.41) is 0. The summed E-state index contributed by atoms with van der Waals surface area (Å²) in [5.41, 5.74) is 4.13. The molecule has 3 heterocycles. The van der Waals surface area contributed by atoms with Crippen LogP contribution in [0.25, 0.3) is 0 Å². The molecule has 0 N–H and O–H groups in total. The van der Waals surface area contributed by atoms with Gasteiger partial charge in [0, 0.05) is 32.9 Å². The van der Waals surface area contributed by atoms with Gasteiger partial charge < -0.3 is 9.64 Å². The lowest BCUT2D eigenvalue weighted by molar-refractivity contribution is 0.0384. The maximum absolute atomic E-state index is 5.44. The highest BCUT2D eigenvalue weighted by atomic mass is 16.5. The third-order valence-corrected chi connectivity index (χ3v) is 4.56. The number of methoxy groups -OCH3 is 1. The number of hydrogen-bond donors (Lipinski definition) is 0. The average molecular weight is 274 g/mol. The van der Waals surface area contributed by atoms with Crippen LogP contribution in [0.4, 0.5) is 0 Å². The molecule has 0 unspecified atom stereocenters. The molecule has 0 atom stereocenters. The topological polar surface area (TPSA) is 28.6 Å². The molecule has 0 aliphatic carbocycles. The molecule has 0 aromatic carbocycles. The summed E-state index contributed by atoms with van der Waals surface area (Å²) >= 11 is 0. The van der Waals surface area contributed by atoms with Crippen LogP contribution < -0.4 is 0 Å². The van der Waals surface area contributed by atoms with E-state index in [4.69, 9.17) is 4.74 Å². The van der Waals surface area contributed by atoms with Crippen LogP contribution >= 0.6 is 0 Å². The first-order valence-corrected chi connectivity index (χ1v) is 7.52. The van der Waals surface area contributed by atoms with E-state index >= 15 is 0 Å². The van der Waals surface area contributed by atoms with Gasteiger partial charge in [-0.25, -0.2) is 0 Å². The molecule has 4 nitrogen and oxygen atoms in total. The van der Waals surface area contributed by atoms with Crippen LogP contribution in [0.15, 0.2) is 12.3 Å². The Labute approximate surface area is 121 Å². The van der Waals surface area contributed by atoms with Crippen LogP contribution in [-0.2, 0) is 24.2 Å². The molecule has 1 fully saturated rings. The minimum Gasteiger partial charge on any atom is -0.455 e. The molecule has 1 saturated heterocycles. The molecule has 0 spiro atoms. The Balaban J connectivity index is 1.68. The molecular weight excluding hydrogens is 250 g/mol. The third-order valence-electron chi connectivity index (χ3n) is 4.56. The van der Waals surface area contributed by atoms with Crippen molar-refractivity contribution in [3.05, 3.63) is 36.1 Å². The highest BCUT2D eigenvalue weighted by Crippen LogP contribution is 2.23.